The summed E-state index contributed by atoms with van der Waals surface area (Å²) in [5.41, 5.74) is 0.970. The van der Waals surface area contributed by atoms with Gasteiger partial charge in [0, 0.05) is 24.0 Å². The second-order valence-electron chi connectivity index (χ2n) is 3.82. The van der Waals surface area contributed by atoms with E-state index in [9.17, 15) is 9.59 Å². The molecule has 0 saturated carbocycles. The molecule has 0 unspecified atom stereocenters. The predicted molar refractivity (Wildman–Crippen MR) is 72.4 cm³/mol. The topological polar surface area (TPSA) is 82.0 Å². The Kier molecular flexibility index (Phi) is 5.30. The maximum absolute atomic E-state index is 11.8. The quantitative estimate of drug-likeness (QED) is 0.479. The summed E-state index contributed by atoms with van der Waals surface area (Å²) < 4.78 is 0. The zero-order valence-corrected chi connectivity index (χ0v) is 10.9. The smallest absolute Gasteiger partial charge is 0.267 e. The summed E-state index contributed by atoms with van der Waals surface area (Å²) in [6.07, 6.45) is 1.37. The summed E-state index contributed by atoms with van der Waals surface area (Å²) >= 11 is 0. The molecule has 19 heavy (non-hydrogen) atoms. The molecule has 0 radical (unpaired) electrons. The SMILES string of the molecule is CCN/C=C(/C#N)C(=O)Nc1cccc(C(C)=O)c1. The van der Waals surface area contributed by atoms with E-state index < -0.39 is 5.91 Å². The fourth-order valence-corrected chi connectivity index (χ4v) is 1.37. The van der Waals surface area contributed by atoms with E-state index >= 15 is 0 Å². The van der Waals surface area contributed by atoms with E-state index in [4.69, 9.17) is 5.26 Å². The molecule has 0 fully saturated rings. The van der Waals surface area contributed by atoms with Crippen LogP contribution in [-0.2, 0) is 4.79 Å². The molecule has 0 aromatic heterocycles. The van der Waals surface area contributed by atoms with Crippen molar-refractivity contribution < 1.29 is 9.59 Å². The van der Waals surface area contributed by atoms with E-state index in [0.717, 1.165) is 0 Å². The van der Waals surface area contributed by atoms with Crippen LogP contribution in [0.2, 0.25) is 0 Å². The van der Waals surface area contributed by atoms with Crippen molar-refractivity contribution in [2.75, 3.05) is 11.9 Å². The predicted octanol–water partition coefficient (Wildman–Crippen LogP) is 1.84. The Morgan fingerprint density at radius 2 is 2.16 bits per heavy atom. The lowest BCUT2D eigenvalue weighted by atomic mass is 10.1. The minimum Gasteiger partial charge on any atom is -0.390 e. The first kappa shape index (κ1) is 14.5. The van der Waals surface area contributed by atoms with Crippen molar-refractivity contribution in [3.63, 3.8) is 0 Å². The highest BCUT2D eigenvalue weighted by atomic mass is 16.1. The maximum atomic E-state index is 11.8. The van der Waals surface area contributed by atoms with Crippen LogP contribution in [0, 0.1) is 11.3 Å². The van der Waals surface area contributed by atoms with E-state index in [1.807, 2.05) is 13.0 Å². The first-order valence-corrected chi connectivity index (χ1v) is 5.84. The standard InChI is InChI=1S/C14H15N3O2/c1-3-16-9-12(8-15)14(19)17-13-6-4-5-11(7-13)10(2)18/h4-7,9,16H,3H2,1-2H3,(H,17,19)/b12-9-. The highest BCUT2D eigenvalue weighted by Crippen LogP contribution is 2.12. The molecule has 1 amide bonds. The van der Waals surface area contributed by atoms with Gasteiger partial charge in [0.2, 0.25) is 0 Å². The number of benzene rings is 1. The molecule has 0 bridgehead atoms. The van der Waals surface area contributed by atoms with Gasteiger partial charge in [-0.2, -0.15) is 5.26 Å². The lowest BCUT2D eigenvalue weighted by Gasteiger charge is -2.05. The van der Waals surface area contributed by atoms with Crippen LogP contribution in [0.15, 0.2) is 36.0 Å². The van der Waals surface area contributed by atoms with E-state index in [0.29, 0.717) is 17.8 Å². The average molecular weight is 257 g/mol. The number of carbonyl (C=O) groups is 2. The van der Waals surface area contributed by atoms with Crippen LogP contribution in [0.4, 0.5) is 5.69 Å². The molecular weight excluding hydrogens is 242 g/mol. The normalized spacial score (nSPS) is 10.5. The van der Waals surface area contributed by atoms with Crippen LogP contribution in [0.1, 0.15) is 24.2 Å². The van der Waals surface area contributed by atoms with Crippen molar-refractivity contribution >= 4 is 17.4 Å². The molecule has 1 aromatic carbocycles. The van der Waals surface area contributed by atoms with Crippen LogP contribution in [-0.4, -0.2) is 18.2 Å². The molecule has 5 nitrogen and oxygen atoms in total. The summed E-state index contributed by atoms with van der Waals surface area (Å²) in [5, 5.41) is 14.2. The van der Waals surface area contributed by atoms with Gasteiger partial charge in [-0.1, -0.05) is 12.1 Å². The number of Topliss-reactive ketones (excluding diaryl/α,β-unsaturated/α-hetero) is 1. The van der Waals surface area contributed by atoms with Gasteiger partial charge in [-0.25, -0.2) is 0 Å². The summed E-state index contributed by atoms with van der Waals surface area (Å²) in [6.45, 7) is 3.94. The third-order valence-electron chi connectivity index (χ3n) is 2.34. The number of hydrogen-bond acceptors (Lipinski definition) is 4. The molecule has 98 valence electrons. The van der Waals surface area contributed by atoms with Crippen molar-refractivity contribution in [3.05, 3.63) is 41.6 Å². The van der Waals surface area contributed by atoms with E-state index in [1.54, 1.807) is 24.3 Å². The highest BCUT2D eigenvalue weighted by molar-refractivity contribution is 6.07. The number of nitriles is 1. The Morgan fingerprint density at radius 3 is 2.74 bits per heavy atom. The number of nitrogens with zero attached hydrogens (tertiary/aromatic N) is 1. The summed E-state index contributed by atoms with van der Waals surface area (Å²) in [4.78, 5) is 23.0. The van der Waals surface area contributed by atoms with Gasteiger partial charge in [0.25, 0.3) is 5.91 Å². The number of anilines is 1. The van der Waals surface area contributed by atoms with Gasteiger partial charge in [-0.3, -0.25) is 9.59 Å². The Bertz CT molecular complexity index is 556. The fraction of sp³-hybridized carbons (Fsp3) is 0.214. The van der Waals surface area contributed by atoms with Crippen molar-refractivity contribution in [1.29, 1.82) is 5.26 Å². The van der Waals surface area contributed by atoms with Gasteiger partial charge in [-0.05, 0) is 26.0 Å². The lowest BCUT2D eigenvalue weighted by molar-refractivity contribution is -0.112. The summed E-state index contributed by atoms with van der Waals surface area (Å²) in [7, 11) is 0. The Hall–Kier alpha value is -2.61. The zero-order chi connectivity index (χ0) is 14.3. The highest BCUT2D eigenvalue weighted by Gasteiger charge is 2.09. The maximum Gasteiger partial charge on any atom is 0.267 e. The van der Waals surface area contributed by atoms with Crippen molar-refractivity contribution in [2.24, 2.45) is 0 Å². The average Bonchev–Trinajstić information content (AvgIpc) is 2.40. The Labute approximate surface area is 111 Å². The van der Waals surface area contributed by atoms with Gasteiger partial charge >= 0.3 is 0 Å². The van der Waals surface area contributed by atoms with Crippen molar-refractivity contribution in [2.45, 2.75) is 13.8 Å². The summed E-state index contributed by atoms with van der Waals surface area (Å²) in [6, 6.07) is 8.38. The second-order valence-corrected chi connectivity index (χ2v) is 3.82. The number of nitrogens with one attached hydrogen (secondary N) is 2. The molecule has 0 spiro atoms. The van der Waals surface area contributed by atoms with Gasteiger partial charge in [0.05, 0.1) is 0 Å². The molecule has 1 aromatic rings. The van der Waals surface area contributed by atoms with Gasteiger partial charge in [-0.15, -0.1) is 0 Å². The third-order valence-corrected chi connectivity index (χ3v) is 2.34. The van der Waals surface area contributed by atoms with Crippen molar-refractivity contribution in [1.82, 2.24) is 5.32 Å². The molecule has 0 aliphatic heterocycles. The van der Waals surface area contributed by atoms with E-state index in [2.05, 4.69) is 10.6 Å². The molecular formula is C14H15N3O2. The van der Waals surface area contributed by atoms with Crippen LogP contribution < -0.4 is 10.6 Å². The monoisotopic (exact) mass is 257 g/mol. The van der Waals surface area contributed by atoms with Crippen LogP contribution >= 0.6 is 0 Å². The molecule has 0 aliphatic carbocycles. The Morgan fingerprint density at radius 1 is 1.42 bits per heavy atom. The number of ketones is 1. The molecule has 5 heteroatoms. The lowest BCUT2D eigenvalue weighted by Crippen LogP contribution is -2.16. The fourth-order valence-electron chi connectivity index (χ4n) is 1.37. The molecule has 0 aliphatic rings. The number of carbonyl (C=O) groups excluding carboxylic acids is 2. The third kappa shape index (κ3) is 4.28. The first-order valence-electron chi connectivity index (χ1n) is 5.84. The number of amides is 1. The Balaban J connectivity index is 2.85. The summed E-state index contributed by atoms with van der Waals surface area (Å²) in [5.74, 6) is -0.594. The largest absolute Gasteiger partial charge is 0.390 e. The minimum absolute atomic E-state index is 0.0184. The van der Waals surface area contributed by atoms with E-state index in [-0.39, 0.29) is 11.4 Å². The second kappa shape index (κ2) is 6.97. The molecule has 1 rings (SSSR count). The van der Waals surface area contributed by atoms with Crippen molar-refractivity contribution in [3.8, 4) is 6.07 Å². The van der Waals surface area contributed by atoms with Crippen LogP contribution in [0.5, 0.6) is 0 Å². The molecule has 0 atom stereocenters. The van der Waals surface area contributed by atoms with Gasteiger partial charge < -0.3 is 10.6 Å². The first-order chi connectivity index (χ1) is 9.08. The molecule has 0 heterocycles. The number of rotatable bonds is 5. The minimum atomic E-state index is -0.510. The van der Waals surface area contributed by atoms with E-state index in [1.165, 1.54) is 13.1 Å². The van der Waals surface area contributed by atoms with Crippen LogP contribution in [0.3, 0.4) is 0 Å². The number of hydrogen-bond donors (Lipinski definition) is 2. The zero-order valence-electron chi connectivity index (χ0n) is 10.9. The van der Waals surface area contributed by atoms with Crippen LogP contribution in [0.25, 0.3) is 0 Å². The molecule has 2 N–H and O–H groups in total. The van der Waals surface area contributed by atoms with Gasteiger partial charge in [0.15, 0.2) is 5.78 Å². The molecule has 0 saturated heterocycles. The van der Waals surface area contributed by atoms with Gasteiger partial charge in [0.1, 0.15) is 11.6 Å².